The van der Waals surface area contributed by atoms with E-state index >= 15 is 0 Å². The Morgan fingerprint density at radius 1 is 1.37 bits per heavy atom. The van der Waals surface area contributed by atoms with Crippen molar-refractivity contribution in [1.29, 1.82) is 0 Å². The molecule has 5 rings (SSSR count). The van der Waals surface area contributed by atoms with E-state index < -0.39 is 34.3 Å². The third-order valence-electron chi connectivity index (χ3n) is 5.93. The average Bonchev–Trinajstić information content (AvgIpc) is 3.16. The van der Waals surface area contributed by atoms with E-state index in [1.54, 1.807) is 18.2 Å². The van der Waals surface area contributed by atoms with Crippen molar-refractivity contribution in [3.05, 3.63) is 23.9 Å². The fraction of sp³-hybridized carbons (Fsp3) is 0.550. The number of benzene rings is 1. The Hall–Kier alpha value is -1.99. The number of amides is 2. The maximum atomic E-state index is 14.0. The number of halogens is 2. The predicted molar refractivity (Wildman–Crippen MR) is 110 cm³/mol. The van der Waals surface area contributed by atoms with Gasteiger partial charge in [-0.25, -0.2) is 0 Å². The number of H-pyrrole nitrogens is 1. The molecule has 3 saturated heterocycles. The molecule has 3 aliphatic heterocycles. The third-order valence-corrected chi connectivity index (χ3v) is 7.81. The zero-order valence-electron chi connectivity index (χ0n) is 16.8. The predicted octanol–water partition coefficient (Wildman–Crippen LogP) is 1.77. The summed E-state index contributed by atoms with van der Waals surface area (Å²) in [6, 6.07) is 4.77. The first-order chi connectivity index (χ1) is 14.5. The Morgan fingerprint density at radius 3 is 2.77 bits per heavy atom. The van der Waals surface area contributed by atoms with Gasteiger partial charge in [-0.1, -0.05) is 0 Å². The van der Waals surface area contributed by atoms with Crippen LogP contribution in [0.5, 0.6) is 0 Å². The summed E-state index contributed by atoms with van der Waals surface area (Å²) in [6.45, 7) is 2.07. The number of aromatic amines is 1. The minimum atomic E-state index is -2.87. The van der Waals surface area contributed by atoms with Crippen LogP contribution in [0.15, 0.2) is 18.2 Å². The van der Waals surface area contributed by atoms with E-state index in [1.807, 2.05) is 6.92 Å². The summed E-state index contributed by atoms with van der Waals surface area (Å²) >= 11 is -0.725. The normalized spacial score (nSPS) is 23.5. The van der Waals surface area contributed by atoms with Gasteiger partial charge in [-0.3, -0.25) is 0 Å². The second kappa shape index (κ2) is 9.02. The van der Waals surface area contributed by atoms with Crippen LogP contribution in [-0.4, -0.2) is 85.1 Å². The number of hydrogen-bond donors (Lipinski definition) is 2. The van der Waals surface area contributed by atoms with Gasteiger partial charge in [0.1, 0.15) is 0 Å². The molecule has 10 heteroatoms. The van der Waals surface area contributed by atoms with E-state index in [9.17, 15) is 18.4 Å². The molecule has 1 aromatic carbocycles. The van der Waals surface area contributed by atoms with Crippen molar-refractivity contribution in [3.8, 4) is 0 Å². The molecule has 2 N–H and O–H groups in total. The number of rotatable bonds is 7. The van der Waals surface area contributed by atoms with Crippen LogP contribution in [0, 0.1) is 5.92 Å². The molecule has 3 aliphatic rings. The molecular formula is C20H25AsF2N5O2. The molecule has 1 radical (unpaired) electrons. The Bertz CT molecular complexity index is 929. The number of fused-ring (bicyclic) bond motifs is 4. The van der Waals surface area contributed by atoms with Crippen LogP contribution in [0.1, 0.15) is 36.7 Å². The molecule has 1 aromatic heterocycles. The fourth-order valence-electron chi connectivity index (χ4n) is 4.38. The minimum absolute atomic E-state index is 0.00879. The van der Waals surface area contributed by atoms with Gasteiger partial charge >= 0.3 is 180 Å². The second-order valence-corrected chi connectivity index (χ2v) is 10.2. The zero-order chi connectivity index (χ0) is 21.3. The quantitative estimate of drug-likeness (QED) is 0.468. The SMILES string of the molecule is CCCNC(=O)[As]c1ccc2c(C(=O)N(C(F)F)[C@@H]3CN4CCC3CC4)n[nH]c2c1. The monoisotopic (exact) mass is 480 g/mol. The molecule has 2 aromatic rings. The Morgan fingerprint density at radius 2 is 2.13 bits per heavy atom. The van der Waals surface area contributed by atoms with Gasteiger partial charge < -0.3 is 0 Å². The molecule has 0 aliphatic carbocycles. The summed E-state index contributed by atoms with van der Waals surface area (Å²) in [5.74, 6) is -0.632. The molecular weight excluding hydrogens is 455 g/mol. The number of hydrogen-bond acceptors (Lipinski definition) is 4. The van der Waals surface area contributed by atoms with Crippen molar-refractivity contribution in [2.75, 3.05) is 26.2 Å². The van der Waals surface area contributed by atoms with E-state index in [2.05, 4.69) is 20.4 Å². The van der Waals surface area contributed by atoms with E-state index in [-0.39, 0.29) is 16.3 Å². The molecule has 7 nitrogen and oxygen atoms in total. The van der Waals surface area contributed by atoms with Crippen LogP contribution in [0.3, 0.4) is 0 Å². The van der Waals surface area contributed by atoms with Crippen molar-refractivity contribution in [2.45, 2.75) is 38.8 Å². The second-order valence-electron chi connectivity index (χ2n) is 7.84. The molecule has 0 unspecified atom stereocenters. The zero-order valence-corrected chi connectivity index (χ0v) is 18.7. The van der Waals surface area contributed by atoms with Crippen molar-refractivity contribution in [1.82, 2.24) is 25.3 Å². The standard InChI is InChI=1S/C20H25AsF2N5O2/c1-2-7-24-19(30)21-13-3-4-14-15(10-13)25-26-17(14)18(29)28(20(22)23)16-11-27-8-5-12(16)6-9-27/h3-4,10,12,16,20H,2,5-9,11H2,1H3,(H,24,30)(H,25,26)/t16-/m1/s1. The Balaban J connectivity index is 1.55. The van der Waals surface area contributed by atoms with Crippen molar-refractivity contribution < 1.29 is 18.4 Å². The molecule has 0 saturated carbocycles. The number of piperidine rings is 3. The van der Waals surface area contributed by atoms with E-state index in [1.165, 1.54) is 0 Å². The van der Waals surface area contributed by atoms with Crippen LogP contribution in [0.4, 0.5) is 13.6 Å². The van der Waals surface area contributed by atoms with E-state index in [4.69, 9.17) is 0 Å². The summed E-state index contributed by atoms with van der Waals surface area (Å²) < 4.78 is 28.8. The molecule has 2 amide bonds. The number of nitrogens with one attached hydrogen (secondary N) is 2. The topological polar surface area (TPSA) is 81.3 Å². The van der Waals surface area contributed by atoms with Gasteiger partial charge in [0.05, 0.1) is 0 Å². The average molecular weight is 480 g/mol. The summed E-state index contributed by atoms with van der Waals surface area (Å²) in [7, 11) is 0. The number of alkyl halides is 2. The summed E-state index contributed by atoms with van der Waals surface area (Å²) in [4.78, 5) is 28.0. The van der Waals surface area contributed by atoms with Gasteiger partial charge in [0.25, 0.3) is 0 Å². The first kappa shape index (κ1) is 21.2. The van der Waals surface area contributed by atoms with Gasteiger partial charge in [-0.15, -0.1) is 0 Å². The maximum absolute atomic E-state index is 14.0. The molecule has 30 heavy (non-hydrogen) atoms. The van der Waals surface area contributed by atoms with Gasteiger partial charge in [0.2, 0.25) is 0 Å². The van der Waals surface area contributed by atoms with Crippen LogP contribution in [0.25, 0.3) is 10.9 Å². The molecule has 3 fully saturated rings. The molecule has 2 bridgehead atoms. The first-order valence-corrected chi connectivity index (χ1v) is 12.2. The van der Waals surface area contributed by atoms with Gasteiger partial charge in [0, 0.05) is 0 Å². The van der Waals surface area contributed by atoms with E-state index in [0.29, 0.717) is 24.0 Å². The van der Waals surface area contributed by atoms with Gasteiger partial charge in [-0.2, -0.15) is 0 Å². The Kier molecular flexibility index (Phi) is 6.39. The fourth-order valence-corrected chi connectivity index (χ4v) is 6.00. The number of nitrogens with zero attached hydrogens (tertiary/aromatic N) is 3. The summed E-state index contributed by atoms with van der Waals surface area (Å²) in [5, 5.41) is 10.2. The molecule has 161 valence electrons. The van der Waals surface area contributed by atoms with E-state index in [0.717, 1.165) is 41.6 Å². The number of aromatic nitrogens is 2. The molecule has 4 heterocycles. The van der Waals surface area contributed by atoms with Crippen LogP contribution in [-0.2, 0) is 0 Å². The Labute approximate surface area is 180 Å². The first-order valence-electron chi connectivity index (χ1n) is 10.3. The van der Waals surface area contributed by atoms with Gasteiger partial charge in [-0.05, 0) is 0 Å². The molecule has 1 atom stereocenters. The third kappa shape index (κ3) is 4.23. The number of carbonyl (C=O) groups excluding carboxylic acids is 2. The van der Waals surface area contributed by atoms with Crippen LogP contribution in [0.2, 0.25) is 0 Å². The summed E-state index contributed by atoms with van der Waals surface area (Å²) in [5.41, 5.74) is 0.595. The van der Waals surface area contributed by atoms with Crippen LogP contribution >= 0.6 is 0 Å². The van der Waals surface area contributed by atoms with Gasteiger partial charge in [0.15, 0.2) is 0 Å². The summed E-state index contributed by atoms with van der Waals surface area (Å²) in [6.07, 6.45) is 2.56. The molecule has 0 spiro atoms. The number of carbonyl (C=O) groups is 2. The van der Waals surface area contributed by atoms with Crippen LogP contribution < -0.4 is 9.67 Å². The van der Waals surface area contributed by atoms with Crippen molar-refractivity contribution in [2.24, 2.45) is 5.92 Å². The van der Waals surface area contributed by atoms with Crippen molar-refractivity contribution in [3.63, 3.8) is 0 Å². The van der Waals surface area contributed by atoms with Crippen molar-refractivity contribution >= 4 is 41.6 Å².